The van der Waals surface area contributed by atoms with Crippen LogP contribution >= 0.6 is 0 Å². The molecule has 30 heavy (non-hydrogen) atoms. The summed E-state index contributed by atoms with van der Waals surface area (Å²) in [4.78, 5) is 18.5. The molecule has 0 bridgehead atoms. The maximum atomic E-state index is 12.9. The lowest BCUT2D eigenvalue weighted by molar-refractivity contribution is -0.137. The maximum Gasteiger partial charge on any atom is 0.416 e. The number of morpholine rings is 1. The van der Waals surface area contributed by atoms with Crippen molar-refractivity contribution in [2.75, 3.05) is 19.7 Å². The Labute approximate surface area is 169 Å². The van der Waals surface area contributed by atoms with E-state index in [-0.39, 0.29) is 30.6 Å². The molecular formula is C19H18F3N5O3. The molecule has 0 spiro atoms. The van der Waals surface area contributed by atoms with Crippen molar-refractivity contribution in [1.82, 2.24) is 24.8 Å². The van der Waals surface area contributed by atoms with Crippen molar-refractivity contribution < 1.29 is 27.2 Å². The summed E-state index contributed by atoms with van der Waals surface area (Å²) in [5.74, 6) is 0.231. The molecule has 0 radical (unpaired) electrons. The number of carbonyl (C=O) groups is 1. The molecule has 1 fully saturated rings. The Hall–Kier alpha value is -3.21. The topological polar surface area (TPSA) is 86.3 Å². The standard InChI is InChI=1S/C19H18F3N5O3/c1-26-14(5-6-23-26)18(28)27-7-8-29-15(11-27)17-24-16(25-30-17)10-12-3-2-4-13(9-12)19(20,21)22/h2-6,9,15H,7-8,10-11H2,1H3. The van der Waals surface area contributed by atoms with Crippen LogP contribution in [0.1, 0.15) is 39.4 Å². The molecule has 0 N–H and O–H groups in total. The summed E-state index contributed by atoms with van der Waals surface area (Å²) in [5.41, 5.74) is 0.129. The molecule has 11 heteroatoms. The Morgan fingerprint density at radius 2 is 2.13 bits per heavy atom. The van der Waals surface area contributed by atoms with Crippen LogP contribution in [0.25, 0.3) is 0 Å². The molecule has 1 unspecified atom stereocenters. The van der Waals surface area contributed by atoms with E-state index in [0.717, 1.165) is 12.1 Å². The second-order valence-corrected chi connectivity index (χ2v) is 6.87. The Bertz CT molecular complexity index is 1050. The van der Waals surface area contributed by atoms with Gasteiger partial charge in [0.2, 0.25) is 0 Å². The molecule has 1 amide bonds. The number of ether oxygens (including phenoxy) is 1. The van der Waals surface area contributed by atoms with Crippen LogP contribution < -0.4 is 0 Å². The van der Waals surface area contributed by atoms with Gasteiger partial charge in [-0.25, -0.2) is 0 Å². The van der Waals surface area contributed by atoms with Gasteiger partial charge in [-0.05, 0) is 17.7 Å². The fourth-order valence-corrected chi connectivity index (χ4v) is 3.24. The van der Waals surface area contributed by atoms with Crippen molar-refractivity contribution in [2.24, 2.45) is 7.05 Å². The van der Waals surface area contributed by atoms with Gasteiger partial charge >= 0.3 is 6.18 Å². The van der Waals surface area contributed by atoms with Crippen molar-refractivity contribution >= 4 is 5.91 Å². The maximum absolute atomic E-state index is 12.9. The van der Waals surface area contributed by atoms with Gasteiger partial charge in [-0.3, -0.25) is 9.48 Å². The molecule has 1 saturated heterocycles. The number of hydrogen-bond acceptors (Lipinski definition) is 6. The van der Waals surface area contributed by atoms with E-state index in [1.54, 1.807) is 30.3 Å². The molecule has 3 aromatic rings. The molecule has 2 aromatic heterocycles. The Balaban J connectivity index is 1.45. The zero-order valence-corrected chi connectivity index (χ0v) is 16.0. The fourth-order valence-electron chi connectivity index (χ4n) is 3.24. The van der Waals surface area contributed by atoms with E-state index in [2.05, 4.69) is 15.2 Å². The Morgan fingerprint density at radius 1 is 1.30 bits per heavy atom. The minimum absolute atomic E-state index is 0.0812. The van der Waals surface area contributed by atoms with Gasteiger partial charge in [0.05, 0.1) is 18.7 Å². The third kappa shape index (κ3) is 4.20. The van der Waals surface area contributed by atoms with Gasteiger partial charge in [0.1, 0.15) is 5.69 Å². The van der Waals surface area contributed by atoms with Crippen LogP contribution in [0.5, 0.6) is 0 Å². The van der Waals surface area contributed by atoms with Gasteiger partial charge in [-0.2, -0.15) is 23.3 Å². The number of aryl methyl sites for hydroxylation is 1. The number of halogens is 3. The van der Waals surface area contributed by atoms with Crippen LogP contribution in [0.15, 0.2) is 41.1 Å². The number of aromatic nitrogens is 4. The van der Waals surface area contributed by atoms with Crippen LogP contribution in [0.4, 0.5) is 13.2 Å². The number of benzene rings is 1. The van der Waals surface area contributed by atoms with Gasteiger partial charge in [-0.1, -0.05) is 23.4 Å². The van der Waals surface area contributed by atoms with Crippen molar-refractivity contribution in [3.8, 4) is 0 Å². The summed E-state index contributed by atoms with van der Waals surface area (Å²) in [6.07, 6.45) is -3.40. The second-order valence-electron chi connectivity index (χ2n) is 6.87. The highest BCUT2D eigenvalue weighted by atomic mass is 19.4. The third-order valence-corrected chi connectivity index (χ3v) is 4.77. The largest absolute Gasteiger partial charge is 0.416 e. The predicted molar refractivity (Wildman–Crippen MR) is 96.4 cm³/mol. The van der Waals surface area contributed by atoms with Crippen molar-refractivity contribution in [3.05, 3.63) is 65.1 Å². The first-order valence-electron chi connectivity index (χ1n) is 9.19. The number of alkyl halides is 3. The molecule has 1 aliphatic rings. The highest BCUT2D eigenvalue weighted by Gasteiger charge is 2.32. The van der Waals surface area contributed by atoms with Crippen LogP contribution in [0.2, 0.25) is 0 Å². The van der Waals surface area contributed by atoms with E-state index in [4.69, 9.17) is 9.26 Å². The van der Waals surface area contributed by atoms with Crippen LogP contribution in [-0.4, -0.2) is 50.4 Å². The molecule has 158 valence electrons. The molecular weight excluding hydrogens is 403 g/mol. The first-order valence-corrected chi connectivity index (χ1v) is 9.19. The predicted octanol–water partition coefficient (Wildman–Crippen LogP) is 2.63. The lowest BCUT2D eigenvalue weighted by Crippen LogP contribution is -2.43. The van der Waals surface area contributed by atoms with Crippen LogP contribution in [0.3, 0.4) is 0 Å². The molecule has 3 heterocycles. The average molecular weight is 421 g/mol. The minimum Gasteiger partial charge on any atom is -0.365 e. The zero-order chi connectivity index (χ0) is 21.3. The summed E-state index contributed by atoms with van der Waals surface area (Å²) in [7, 11) is 1.68. The normalized spacial score (nSPS) is 17.3. The Morgan fingerprint density at radius 3 is 2.87 bits per heavy atom. The monoisotopic (exact) mass is 421 g/mol. The summed E-state index contributed by atoms with van der Waals surface area (Å²) in [6, 6.07) is 6.60. The van der Waals surface area contributed by atoms with Crippen LogP contribution in [-0.2, 0) is 24.4 Å². The van der Waals surface area contributed by atoms with E-state index >= 15 is 0 Å². The van der Waals surface area contributed by atoms with Gasteiger partial charge in [0.15, 0.2) is 11.9 Å². The molecule has 4 rings (SSSR count). The second kappa shape index (κ2) is 7.90. The van der Waals surface area contributed by atoms with Crippen LogP contribution in [0, 0.1) is 0 Å². The van der Waals surface area contributed by atoms with E-state index in [1.807, 2.05) is 0 Å². The van der Waals surface area contributed by atoms with Crippen molar-refractivity contribution in [2.45, 2.75) is 18.7 Å². The SMILES string of the molecule is Cn1nccc1C(=O)N1CCOC(c2nc(Cc3cccc(C(F)(F)F)c3)no2)C1. The van der Waals surface area contributed by atoms with Crippen molar-refractivity contribution in [3.63, 3.8) is 0 Å². The summed E-state index contributed by atoms with van der Waals surface area (Å²) in [6.45, 7) is 0.917. The average Bonchev–Trinajstić information content (AvgIpc) is 3.36. The van der Waals surface area contributed by atoms with E-state index in [0.29, 0.717) is 24.4 Å². The van der Waals surface area contributed by atoms with E-state index in [9.17, 15) is 18.0 Å². The van der Waals surface area contributed by atoms with Gasteiger partial charge in [0, 0.05) is 26.2 Å². The van der Waals surface area contributed by atoms with Gasteiger partial charge in [0.25, 0.3) is 11.8 Å². The molecule has 1 aliphatic heterocycles. The lowest BCUT2D eigenvalue weighted by Gasteiger charge is -2.31. The minimum atomic E-state index is -4.42. The highest BCUT2D eigenvalue weighted by molar-refractivity contribution is 5.92. The zero-order valence-electron chi connectivity index (χ0n) is 16.0. The number of amides is 1. The first-order chi connectivity index (χ1) is 14.3. The number of hydrogen-bond donors (Lipinski definition) is 0. The summed E-state index contributed by atoms with van der Waals surface area (Å²) in [5, 5.41) is 7.85. The fraction of sp³-hybridized carbons (Fsp3) is 0.368. The number of rotatable bonds is 4. The lowest BCUT2D eigenvalue weighted by atomic mass is 10.1. The van der Waals surface area contributed by atoms with Crippen molar-refractivity contribution in [1.29, 1.82) is 0 Å². The van der Waals surface area contributed by atoms with E-state index < -0.39 is 17.8 Å². The molecule has 0 aliphatic carbocycles. The third-order valence-electron chi connectivity index (χ3n) is 4.77. The first kappa shape index (κ1) is 20.1. The van der Waals surface area contributed by atoms with Gasteiger partial charge in [-0.15, -0.1) is 0 Å². The highest BCUT2D eigenvalue weighted by Crippen LogP contribution is 2.30. The molecule has 0 saturated carbocycles. The van der Waals surface area contributed by atoms with E-state index in [1.165, 1.54) is 10.7 Å². The summed E-state index contributed by atoms with van der Waals surface area (Å²) < 4.78 is 51.0. The molecule has 1 aromatic carbocycles. The molecule has 8 nitrogen and oxygen atoms in total. The smallest absolute Gasteiger partial charge is 0.365 e. The molecule has 1 atom stereocenters. The number of carbonyl (C=O) groups excluding carboxylic acids is 1. The summed E-state index contributed by atoms with van der Waals surface area (Å²) >= 11 is 0. The Kier molecular flexibility index (Phi) is 5.29. The quantitative estimate of drug-likeness (QED) is 0.644. The van der Waals surface area contributed by atoms with Gasteiger partial charge < -0.3 is 14.2 Å². The number of nitrogens with zero attached hydrogens (tertiary/aromatic N) is 5.